The summed E-state index contributed by atoms with van der Waals surface area (Å²) in [6, 6.07) is 3.96. The predicted octanol–water partition coefficient (Wildman–Crippen LogP) is 4.35. The van der Waals surface area contributed by atoms with Gasteiger partial charge in [0.1, 0.15) is 12.0 Å². The van der Waals surface area contributed by atoms with Gasteiger partial charge in [0, 0.05) is 23.6 Å². The van der Waals surface area contributed by atoms with Crippen molar-refractivity contribution < 1.29 is 31.5 Å². The van der Waals surface area contributed by atoms with Crippen molar-refractivity contribution >= 4 is 11.7 Å². The zero-order chi connectivity index (χ0) is 23.3. The van der Waals surface area contributed by atoms with Crippen LogP contribution in [0.5, 0.6) is 5.75 Å². The van der Waals surface area contributed by atoms with Gasteiger partial charge in [0.15, 0.2) is 11.6 Å². The molecule has 174 valence electrons. The van der Waals surface area contributed by atoms with Gasteiger partial charge in [-0.25, -0.2) is 22.7 Å². The number of carbonyl (C=O) groups excluding carboxylic acids is 1. The number of piperidine rings is 1. The molecule has 5 rings (SSSR count). The first-order valence-electron chi connectivity index (χ1n) is 10.4. The van der Waals surface area contributed by atoms with Crippen molar-refractivity contribution in [1.29, 1.82) is 0 Å². The first kappa shape index (κ1) is 21.5. The Morgan fingerprint density at radius 1 is 1.09 bits per heavy atom. The van der Waals surface area contributed by atoms with Crippen molar-refractivity contribution in [1.82, 2.24) is 24.5 Å². The van der Waals surface area contributed by atoms with Crippen LogP contribution < -0.4 is 4.74 Å². The summed E-state index contributed by atoms with van der Waals surface area (Å²) in [6.45, 7) is -3.23. The Morgan fingerprint density at radius 3 is 2.64 bits per heavy atom. The minimum atomic E-state index is -3.23. The molecule has 0 unspecified atom stereocenters. The molecule has 3 aromatic rings. The monoisotopic (exact) mass is 467 g/mol. The number of benzene rings is 1. The fourth-order valence-corrected chi connectivity index (χ4v) is 5.02. The maximum Gasteiger partial charge on any atom is 0.387 e. The molecule has 1 amide bonds. The Hall–Kier alpha value is -3.31. The van der Waals surface area contributed by atoms with Crippen molar-refractivity contribution in [2.24, 2.45) is 0 Å². The van der Waals surface area contributed by atoms with E-state index in [4.69, 9.17) is 0 Å². The average Bonchev–Trinajstić information content (AvgIpc) is 3.37. The van der Waals surface area contributed by atoms with Gasteiger partial charge in [-0.1, -0.05) is 0 Å². The van der Waals surface area contributed by atoms with E-state index in [2.05, 4.69) is 19.8 Å². The molecule has 33 heavy (non-hydrogen) atoms. The lowest BCUT2D eigenvalue weighted by Gasteiger charge is -2.40. The van der Waals surface area contributed by atoms with Crippen molar-refractivity contribution in [3.63, 3.8) is 0 Å². The molecule has 2 aliphatic heterocycles. The third-order valence-corrected chi connectivity index (χ3v) is 6.35. The molecule has 7 nitrogen and oxygen atoms in total. The second kappa shape index (κ2) is 8.23. The smallest absolute Gasteiger partial charge is 0.387 e. The Kier molecular flexibility index (Phi) is 5.37. The number of carbonyl (C=O) groups is 1. The zero-order valence-corrected chi connectivity index (χ0v) is 17.0. The highest BCUT2D eigenvalue weighted by Gasteiger charge is 2.46. The summed E-state index contributed by atoms with van der Waals surface area (Å²) in [7, 11) is 0. The molecule has 0 saturated carbocycles. The highest BCUT2D eigenvalue weighted by atomic mass is 19.3. The first-order valence-corrected chi connectivity index (χ1v) is 10.4. The van der Waals surface area contributed by atoms with Crippen LogP contribution in [0.2, 0.25) is 0 Å². The average molecular weight is 467 g/mol. The topological polar surface area (TPSA) is 72.6 Å². The Morgan fingerprint density at radius 2 is 1.88 bits per heavy atom. The second-order valence-corrected chi connectivity index (χ2v) is 8.10. The Labute approximate surface area is 184 Å². The maximum atomic E-state index is 13.8. The standard InChI is InChI=1S/C21H18F5N5O2/c22-13-5-1-10(7-17(13)33-20(25)26)19(32)30-11-2-4-12(15(30)6-3-11)16-8-14(18(23)24)29-21-27-9-28-31(16)21/h1,5,7-9,11-12,15,18,20H,2-4,6H2/t11-,12-,15-/m0/s1. The van der Waals surface area contributed by atoms with Crippen molar-refractivity contribution in [2.75, 3.05) is 0 Å². The lowest BCUT2D eigenvalue weighted by molar-refractivity contribution is -0.0522. The number of hydrogen-bond acceptors (Lipinski definition) is 5. The second-order valence-electron chi connectivity index (χ2n) is 8.10. The molecule has 1 aromatic carbocycles. The molecule has 0 spiro atoms. The van der Waals surface area contributed by atoms with Crippen LogP contribution in [0, 0.1) is 5.82 Å². The van der Waals surface area contributed by atoms with E-state index in [0.29, 0.717) is 31.4 Å². The minimum Gasteiger partial charge on any atom is -0.432 e. The van der Waals surface area contributed by atoms with Gasteiger partial charge in [-0.15, -0.1) is 0 Å². The summed E-state index contributed by atoms with van der Waals surface area (Å²) in [5.41, 5.74) is 0.0751. The molecule has 4 heterocycles. The Balaban J connectivity index is 1.50. The molecule has 0 N–H and O–H groups in total. The third kappa shape index (κ3) is 3.76. The predicted molar refractivity (Wildman–Crippen MR) is 104 cm³/mol. The highest BCUT2D eigenvalue weighted by molar-refractivity contribution is 5.95. The van der Waals surface area contributed by atoms with E-state index in [0.717, 1.165) is 12.1 Å². The first-order chi connectivity index (χ1) is 15.8. The van der Waals surface area contributed by atoms with E-state index < -0.39 is 36.2 Å². The number of hydrogen-bond donors (Lipinski definition) is 0. The van der Waals surface area contributed by atoms with Crippen LogP contribution in [-0.4, -0.2) is 49.1 Å². The number of fused-ring (bicyclic) bond motifs is 3. The number of ether oxygens (including phenoxy) is 1. The van der Waals surface area contributed by atoms with Gasteiger partial charge in [0.05, 0.1) is 5.69 Å². The number of nitrogens with zero attached hydrogens (tertiary/aromatic N) is 5. The number of alkyl halides is 4. The number of rotatable bonds is 5. The van der Waals surface area contributed by atoms with Crippen LogP contribution >= 0.6 is 0 Å². The van der Waals surface area contributed by atoms with Gasteiger partial charge in [-0.05, 0) is 49.9 Å². The largest absolute Gasteiger partial charge is 0.432 e. The van der Waals surface area contributed by atoms with Crippen LogP contribution in [-0.2, 0) is 0 Å². The van der Waals surface area contributed by atoms with Crippen LogP contribution in [0.4, 0.5) is 22.0 Å². The SMILES string of the molecule is O=C(c1ccc(F)c(OC(F)F)c1)N1[C@H]2CC[C@H](c3cc(C(F)F)nc4ncnn34)[C@@H]1CC2. The van der Waals surface area contributed by atoms with E-state index >= 15 is 0 Å². The van der Waals surface area contributed by atoms with Crippen molar-refractivity contribution in [3.05, 3.63) is 53.4 Å². The quantitative estimate of drug-likeness (QED) is 0.522. The lowest BCUT2D eigenvalue weighted by atomic mass is 9.86. The summed E-state index contributed by atoms with van der Waals surface area (Å²) >= 11 is 0. The molecular weight excluding hydrogens is 449 g/mol. The molecule has 2 aromatic heterocycles. The van der Waals surface area contributed by atoms with E-state index in [1.807, 2.05) is 0 Å². The van der Waals surface area contributed by atoms with E-state index in [1.165, 1.54) is 23.0 Å². The van der Waals surface area contributed by atoms with Gasteiger partial charge < -0.3 is 9.64 Å². The van der Waals surface area contributed by atoms with E-state index in [1.54, 1.807) is 4.90 Å². The zero-order valence-electron chi connectivity index (χ0n) is 17.0. The van der Waals surface area contributed by atoms with Gasteiger partial charge >= 0.3 is 6.61 Å². The van der Waals surface area contributed by atoms with Crippen LogP contribution in [0.15, 0.2) is 30.6 Å². The summed E-state index contributed by atoms with van der Waals surface area (Å²) in [5.74, 6) is -2.43. The van der Waals surface area contributed by atoms with Gasteiger partial charge in [-0.2, -0.15) is 18.9 Å². The Bertz CT molecular complexity index is 1200. The molecule has 12 heteroatoms. The van der Waals surface area contributed by atoms with Gasteiger partial charge in [-0.3, -0.25) is 4.79 Å². The molecule has 2 bridgehead atoms. The van der Waals surface area contributed by atoms with Gasteiger partial charge in [0.2, 0.25) is 0 Å². The molecule has 2 aliphatic rings. The molecule has 2 saturated heterocycles. The van der Waals surface area contributed by atoms with E-state index in [-0.39, 0.29) is 29.3 Å². The van der Waals surface area contributed by atoms with Crippen LogP contribution in [0.1, 0.15) is 59.8 Å². The molecule has 0 aliphatic carbocycles. The molecule has 3 atom stereocenters. The maximum absolute atomic E-state index is 13.8. The normalized spacial score (nSPS) is 22.5. The number of amides is 1. The number of aromatic nitrogens is 4. The van der Waals surface area contributed by atoms with Crippen LogP contribution in [0.25, 0.3) is 5.78 Å². The summed E-state index contributed by atoms with van der Waals surface area (Å²) < 4.78 is 71.5. The molecular formula is C21H18F5N5O2. The lowest BCUT2D eigenvalue weighted by Crippen LogP contribution is -2.47. The minimum absolute atomic E-state index is 0.0125. The van der Waals surface area contributed by atoms with Gasteiger partial charge in [0.25, 0.3) is 18.1 Å². The van der Waals surface area contributed by atoms with Crippen LogP contribution in [0.3, 0.4) is 0 Å². The van der Waals surface area contributed by atoms with Crippen molar-refractivity contribution in [3.8, 4) is 5.75 Å². The van der Waals surface area contributed by atoms with E-state index in [9.17, 15) is 26.7 Å². The fourth-order valence-electron chi connectivity index (χ4n) is 5.02. The summed E-state index contributed by atoms with van der Waals surface area (Å²) in [6.07, 6.45) is 1.04. The summed E-state index contributed by atoms with van der Waals surface area (Å²) in [4.78, 5) is 22.8. The summed E-state index contributed by atoms with van der Waals surface area (Å²) in [5, 5.41) is 4.12. The number of halogens is 5. The van der Waals surface area contributed by atoms with Crippen molar-refractivity contribution in [2.45, 2.75) is 56.7 Å². The fraction of sp³-hybridized carbons (Fsp3) is 0.429. The molecule has 0 radical (unpaired) electrons. The highest BCUT2D eigenvalue weighted by Crippen LogP contribution is 2.45. The molecule has 2 fully saturated rings. The third-order valence-electron chi connectivity index (χ3n) is 6.35.